The van der Waals surface area contributed by atoms with Crippen LogP contribution in [0.2, 0.25) is 0 Å². The Bertz CT molecular complexity index is 84.7. The van der Waals surface area contributed by atoms with Crippen molar-refractivity contribution in [1.82, 2.24) is 5.32 Å². The highest BCUT2D eigenvalue weighted by atomic mass is 15.2. The number of hydrogen-bond acceptors (Lipinski definition) is 1. The van der Waals surface area contributed by atoms with Gasteiger partial charge in [0.05, 0.1) is 0 Å². The van der Waals surface area contributed by atoms with Crippen LogP contribution in [0, 0.1) is 11.8 Å². The molecule has 1 aliphatic rings. The van der Waals surface area contributed by atoms with Gasteiger partial charge in [-0.25, -0.2) is 0 Å². The Morgan fingerprint density at radius 3 is 1.33 bits per heavy atom. The Labute approximate surface area is 57.8 Å². The van der Waals surface area contributed by atoms with Crippen molar-refractivity contribution in [3.8, 4) is 0 Å². The zero-order chi connectivity index (χ0) is 7.02. The van der Waals surface area contributed by atoms with Gasteiger partial charge in [0.25, 0.3) is 0 Å². The molecule has 1 heterocycles. The lowest BCUT2D eigenvalue weighted by molar-refractivity contribution is 0.556. The maximum absolute atomic E-state index is 3.47. The highest BCUT2D eigenvalue weighted by Crippen LogP contribution is 2.25. The minimum Gasteiger partial charge on any atom is -0.308 e. The van der Waals surface area contributed by atoms with E-state index in [1.54, 1.807) is 0 Å². The van der Waals surface area contributed by atoms with Crippen LogP contribution >= 0.6 is 0 Å². The number of nitrogens with one attached hydrogen (secondary N) is 1. The second-order valence-corrected chi connectivity index (χ2v) is 3.71. The van der Waals surface area contributed by atoms with Crippen molar-refractivity contribution >= 4 is 0 Å². The predicted molar refractivity (Wildman–Crippen MR) is 40.4 cm³/mol. The van der Waals surface area contributed by atoms with Crippen LogP contribution in [0.5, 0.6) is 0 Å². The molecule has 9 heavy (non-hydrogen) atoms. The average Bonchev–Trinajstić information content (AvgIpc) is 2.39. The fourth-order valence-electron chi connectivity index (χ4n) is 1.38. The molecule has 0 spiro atoms. The summed E-state index contributed by atoms with van der Waals surface area (Å²) in [6, 6.07) is 1.62. The summed E-state index contributed by atoms with van der Waals surface area (Å²) in [6.45, 7) is 9.11. The molecule has 0 saturated carbocycles. The third-order valence-electron chi connectivity index (χ3n) is 2.10. The first kappa shape index (κ1) is 7.07. The molecule has 0 aliphatic carbocycles. The summed E-state index contributed by atoms with van der Waals surface area (Å²) in [6.07, 6.45) is 0. The lowest BCUT2D eigenvalue weighted by Crippen LogP contribution is -2.07. The van der Waals surface area contributed by atoms with E-state index in [4.69, 9.17) is 0 Å². The molecule has 0 aromatic carbocycles. The highest BCUT2D eigenvalue weighted by molar-refractivity contribution is 5.01. The molecule has 0 radical (unpaired) electrons. The van der Waals surface area contributed by atoms with E-state index >= 15 is 0 Å². The molecule has 0 bridgehead atoms. The second kappa shape index (κ2) is 2.30. The molecule has 54 valence electrons. The highest BCUT2D eigenvalue weighted by Gasteiger charge is 2.39. The van der Waals surface area contributed by atoms with Crippen LogP contribution in [-0.4, -0.2) is 12.1 Å². The molecule has 2 atom stereocenters. The summed E-state index contributed by atoms with van der Waals surface area (Å²) in [5.41, 5.74) is 0. The summed E-state index contributed by atoms with van der Waals surface area (Å²) < 4.78 is 0. The van der Waals surface area contributed by atoms with Gasteiger partial charge in [0.15, 0.2) is 0 Å². The molecule has 1 fully saturated rings. The Hall–Kier alpha value is -0.0400. The van der Waals surface area contributed by atoms with Crippen molar-refractivity contribution in [2.24, 2.45) is 11.8 Å². The number of rotatable bonds is 2. The van der Waals surface area contributed by atoms with Gasteiger partial charge in [-0.05, 0) is 11.8 Å². The van der Waals surface area contributed by atoms with E-state index in [1.807, 2.05) is 0 Å². The standard InChI is InChI=1S/C8H17N/c1-5(2)7-8(9-7)6(3)4/h5-9H,1-4H3/t7-,8+. The zero-order valence-corrected chi connectivity index (χ0v) is 6.81. The van der Waals surface area contributed by atoms with E-state index in [0.717, 1.165) is 23.9 Å². The monoisotopic (exact) mass is 127 g/mol. The van der Waals surface area contributed by atoms with Crippen LogP contribution in [-0.2, 0) is 0 Å². The molecule has 1 saturated heterocycles. The summed E-state index contributed by atoms with van der Waals surface area (Å²) in [5, 5.41) is 3.47. The summed E-state index contributed by atoms with van der Waals surface area (Å²) in [4.78, 5) is 0. The minimum atomic E-state index is 0.810. The molecule has 1 heteroatoms. The Kier molecular flexibility index (Phi) is 1.80. The van der Waals surface area contributed by atoms with Crippen LogP contribution in [0.4, 0.5) is 0 Å². The van der Waals surface area contributed by atoms with Crippen molar-refractivity contribution in [2.45, 2.75) is 39.8 Å². The van der Waals surface area contributed by atoms with Crippen molar-refractivity contribution in [3.63, 3.8) is 0 Å². The third-order valence-corrected chi connectivity index (χ3v) is 2.10. The van der Waals surface area contributed by atoms with Gasteiger partial charge in [-0.1, -0.05) is 27.7 Å². The van der Waals surface area contributed by atoms with Gasteiger partial charge in [-0.3, -0.25) is 0 Å². The largest absolute Gasteiger partial charge is 0.308 e. The Balaban J connectivity index is 2.24. The van der Waals surface area contributed by atoms with Gasteiger partial charge in [-0.2, -0.15) is 0 Å². The maximum atomic E-state index is 3.47. The second-order valence-electron chi connectivity index (χ2n) is 3.71. The van der Waals surface area contributed by atoms with E-state index in [2.05, 4.69) is 33.0 Å². The molecule has 0 aromatic heterocycles. The molecule has 1 rings (SSSR count). The van der Waals surface area contributed by atoms with Gasteiger partial charge < -0.3 is 5.32 Å². The first-order valence-corrected chi connectivity index (χ1v) is 3.89. The average molecular weight is 127 g/mol. The summed E-state index contributed by atoms with van der Waals surface area (Å²) >= 11 is 0. The van der Waals surface area contributed by atoms with Crippen LogP contribution in [0.25, 0.3) is 0 Å². The third kappa shape index (κ3) is 1.45. The van der Waals surface area contributed by atoms with Crippen molar-refractivity contribution in [1.29, 1.82) is 0 Å². The maximum Gasteiger partial charge on any atom is 0.0250 e. The predicted octanol–water partition coefficient (Wildman–Crippen LogP) is 1.64. The summed E-state index contributed by atoms with van der Waals surface area (Å²) in [5.74, 6) is 1.63. The van der Waals surface area contributed by atoms with E-state index in [-0.39, 0.29) is 0 Å². The Morgan fingerprint density at radius 1 is 0.889 bits per heavy atom. The van der Waals surface area contributed by atoms with Crippen molar-refractivity contribution in [2.75, 3.05) is 0 Å². The van der Waals surface area contributed by atoms with Crippen LogP contribution < -0.4 is 5.32 Å². The van der Waals surface area contributed by atoms with Crippen LogP contribution in [0.3, 0.4) is 0 Å². The molecule has 0 amide bonds. The zero-order valence-electron chi connectivity index (χ0n) is 6.81. The molecular weight excluding hydrogens is 110 g/mol. The van der Waals surface area contributed by atoms with E-state index in [0.29, 0.717) is 0 Å². The normalized spacial score (nSPS) is 34.0. The fourth-order valence-corrected chi connectivity index (χ4v) is 1.38. The molecule has 1 N–H and O–H groups in total. The molecule has 1 nitrogen and oxygen atoms in total. The quantitative estimate of drug-likeness (QED) is 0.560. The molecule has 0 aromatic rings. The SMILES string of the molecule is CC(C)[C@H]1N[C@H]1C(C)C. The van der Waals surface area contributed by atoms with E-state index < -0.39 is 0 Å². The topological polar surface area (TPSA) is 21.9 Å². The van der Waals surface area contributed by atoms with Crippen molar-refractivity contribution < 1.29 is 0 Å². The van der Waals surface area contributed by atoms with Crippen LogP contribution in [0.15, 0.2) is 0 Å². The van der Waals surface area contributed by atoms with E-state index in [9.17, 15) is 0 Å². The van der Waals surface area contributed by atoms with Crippen LogP contribution in [0.1, 0.15) is 27.7 Å². The molecular formula is C8H17N. The van der Waals surface area contributed by atoms with Gasteiger partial charge >= 0.3 is 0 Å². The Morgan fingerprint density at radius 2 is 1.22 bits per heavy atom. The smallest absolute Gasteiger partial charge is 0.0250 e. The van der Waals surface area contributed by atoms with Crippen molar-refractivity contribution in [3.05, 3.63) is 0 Å². The minimum absolute atomic E-state index is 0.810. The van der Waals surface area contributed by atoms with Gasteiger partial charge in [0.2, 0.25) is 0 Å². The summed E-state index contributed by atoms with van der Waals surface area (Å²) in [7, 11) is 0. The fraction of sp³-hybridized carbons (Fsp3) is 1.00. The van der Waals surface area contributed by atoms with E-state index in [1.165, 1.54) is 0 Å². The lowest BCUT2D eigenvalue weighted by Gasteiger charge is -2.01. The van der Waals surface area contributed by atoms with Gasteiger partial charge in [0.1, 0.15) is 0 Å². The first-order chi connectivity index (χ1) is 4.13. The molecule has 0 unspecified atom stereocenters. The van der Waals surface area contributed by atoms with Gasteiger partial charge in [0, 0.05) is 12.1 Å². The first-order valence-electron chi connectivity index (χ1n) is 3.89. The molecule has 1 aliphatic heterocycles. The van der Waals surface area contributed by atoms with Gasteiger partial charge in [-0.15, -0.1) is 0 Å². The lowest BCUT2D eigenvalue weighted by atomic mass is 10.0. The number of hydrogen-bond donors (Lipinski definition) is 1.